The van der Waals surface area contributed by atoms with Gasteiger partial charge in [-0.3, -0.25) is 0 Å². The smallest absolute Gasteiger partial charge is 0.187 e. The largest absolute Gasteiger partial charge is 0.380 e. The summed E-state index contributed by atoms with van der Waals surface area (Å²) in [7, 11) is 1.63. The molecular weight excluding hydrogens is 330 g/mol. The summed E-state index contributed by atoms with van der Waals surface area (Å²) < 4.78 is 12.3. The highest BCUT2D eigenvalue weighted by molar-refractivity contribution is 5.63. The predicted octanol–water partition coefficient (Wildman–Crippen LogP) is 3.44. The first kappa shape index (κ1) is 16.2. The summed E-state index contributed by atoms with van der Waals surface area (Å²) in [4.78, 5) is 9.11. The van der Waals surface area contributed by atoms with Crippen LogP contribution in [0.4, 0.5) is 0 Å². The lowest BCUT2D eigenvalue weighted by Crippen LogP contribution is -2.03. The maximum Gasteiger partial charge on any atom is 0.187 e. The standard InChI is InChI=1S/C19H17N5O2/c1-13-15(12-25-2)17(23-26-13)19-21-18(14-8-4-3-5-9-14)22-24(19)16-10-6-7-11-20-16/h3-11H,12H2,1-2H3. The van der Waals surface area contributed by atoms with Crippen LogP contribution in [0.3, 0.4) is 0 Å². The summed E-state index contributed by atoms with van der Waals surface area (Å²) in [6, 6.07) is 15.4. The Labute approximate surface area is 150 Å². The fourth-order valence-electron chi connectivity index (χ4n) is 2.69. The molecule has 3 heterocycles. The van der Waals surface area contributed by atoms with Gasteiger partial charge in [0.05, 0.1) is 12.2 Å². The van der Waals surface area contributed by atoms with Gasteiger partial charge < -0.3 is 9.26 Å². The Bertz CT molecular complexity index is 1010. The number of aromatic nitrogens is 5. The van der Waals surface area contributed by atoms with Crippen molar-refractivity contribution in [1.82, 2.24) is 24.9 Å². The number of ether oxygens (including phenoxy) is 1. The maximum atomic E-state index is 5.38. The third kappa shape index (κ3) is 2.89. The lowest BCUT2D eigenvalue weighted by atomic mass is 10.2. The van der Waals surface area contributed by atoms with Crippen molar-refractivity contribution in [3.05, 3.63) is 66.1 Å². The van der Waals surface area contributed by atoms with Crippen LogP contribution >= 0.6 is 0 Å². The Morgan fingerprint density at radius 2 is 1.88 bits per heavy atom. The van der Waals surface area contributed by atoms with Crippen molar-refractivity contribution in [3.8, 4) is 28.7 Å². The highest BCUT2D eigenvalue weighted by Gasteiger charge is 2.23. The Hall–Kier alpha value is -3.32. The molecule has 0 aliphatic heterocycles. The van der Waals surface area contributed by atoms with Crippen LogP contribution in [0.15, 0.2) is 59.3 Å². The van der Waals surface area contributed by atoms with Crippen LogP contribution in [0.25, 0.3) is 28.7 Å². The molecule has 130 valence electrons. The average Bonchev–Trinajstić information content (AvgIpc) is 3.28. The van der Waals surface area contributed by atoms with Gasteiger partial charge in [0.25, 0.3) is 0 Å². The van der Waals surface area contributed by atoms with Crippen LogP contribution in [0.1, 0.15) is 11.3 Å². The van der Waals surface area contributed by atoms with Gasteiger partial charge >= 0.3 is 0 Å². The average molecular weight is 347 g/mol. The van der Waals surface area contributed by atoms with Crippen LogP contribution in [0.2, 0.25) is 0 Å². The van der Waals surface area contributed by atoms with Gasteiger partial charge in [-0.05, 0) is 19.1 Å². The molecule has 0 unspecified atom stereocenters. The number of aryl methyl sites for hydroxylation is 1. The second kappa shape index (κ2) is 6.89. The van der Waals surface area contributed by atoms with E-state index >= 15 is 0 Å². The normalized spacial score (nSPS) is 11.0. The van der Waals surface area contributed by atoms with Crippen molar-refractivity contribution in [2.45, 2.75) is 13.5 Å². The first-order chi connectivity index (χ1) is 12.8. The third-order valence-electron chi connectivity index (χ3n) is 3.99. The molecule has 4 rings (SSSR count). The molecular formula is C19H17N5O2. The van der Waals surface area contributed by atoms with E-state index in [1.165, 1.54) is 0 Å². The molecule has 0 atom stereocenters. The van der Waals surface area contributed by atoms with E-state index in [0.29, 0.717) is 35.5 Å². The van der Waals surface area contributed by atoms with E-state index in [2.05, 4.69) is 15.2 Å². The number of pyridine rings is 1. The highest BCUT2D eigenvalue weighted by Crippen LogP contribution is 2.28. The molecule has 0 fully saturated rings. The van der Waals surface area contributed by atoms with Crippen molar-refractivity contribution in [2.75, 3.05) is 7.11 Å². The summed E-state index contributed by atoms with van der Waals surface area (Å²) in [6.07, 6.45) is 1.72. The molecule has 4 aromatic rings. The molecule has 0 aliphatic rings. The minimum Gasteiger partial charge on any atom is -0.380 e. The number of hydrogen-bond acceptors (Lipinski definition) is 6. The number of hydrogen-bond donors (Lipinski definition) is 0. The molecule has 3 aromatic heterocycles. The second-order valence-corrected chi connectivity index (χ2v) is 5.72. The summed E-state index contributed by atoms with van der Waals surface area (Å²) in [5, 5.41) is 8.85. The molecule has 1 aromatic carbocycles. The van der Waals surface area contributed by atoms with Gasteiger partial charge in [-0.2, -0.15) is 4.68 Å². The SMILES string of the molecule is COCc1c(-c2nc(-c3ccccc3)nn2-c2ccccn2)noc1C. The van der Waals surface area contributed by atoms with E-state index in [9.17, 15) is 0 Å². The fourth-order valence-corrected chi connectivity index (χ4v) is 2.69. The summed E-state index contributed by atoms with van der Waals surface area (Å²) in [6.45, 7) is 2.23. The minimum atomic E-state index is 0.375. The summed E-state index contributed by atoms with van der Waals surface area (Å²) in [5.74, 6) is 2.50. The van der Waals surface area contributed by atoms with E-state index in [-0.39, 0.29) is 0 Å². The van der Waals surface area contributed by atoms with Gasteiger partial charge in [0.15, 0.2) is 23.2 Å². The molecule has 0 bridgehead atoms. The monoisotopic (exact) mass is 347 g/mol. The molecule has 7 nitrogen and oxygen atoms in total. The van der Waals surface area contributed by atoms with E-state index < -0.39 is 0 Å². The molecule has 0 saturated carbocycles. The van der Waals surface area contributed by atoms with Gasteiger partial charge in [-0.1, -0.05) is 41.6 Å². The molecule has 0 amide bonds. The first-order valence-corrected chi connectivity index (χ1v) is 8.16. The van der Waals surface area contributed by atoms with Crippen LogP contribution in [0.5, 0.6) is 0 Å². The molecule has 0 aliphatic carbocycles. The topological polar surface area (TPSA) is 78.9 Å². The quantitative estimate of drug-likeness (QED) is 0.550. The van der Waals surface area contributed by atoms with Gasteiger partial charge in [-0.15, -0.1) is 5.10 Å². The zero-order chi connectivity index (χ0) is 17.9. The molecule has 26 heavy (non-hydrogen) atoms. The molecule has 0 radical (unpaired) electrons. The van der Waals surface area contributed by atoms with Gasteiger partial charge in [-0.25, -0.2) is 9.97 Å². The zero-order valence-electron chi connectivity index (χ0n) is 14.5. The minimum absolute atomic E-state index is 0.375. The third-order valence-corrected chi connectivity index (χ3v) is 3.99. The van der Waals surface area contributed by atoms with Gasteiger partial charge in [0.2, 0.25) is 0 Å². The van der Waals surface area contributed by atoms with E-state index in [1.54, 1.807) is 18.0 Å². The van der Waals surface area contributed by atoms with Gasteiger partial charge in [0, 0.05) is 18.9 Å². The zero-order valence-corrected chi connectivity index (χ0v) is 14.5. The Balaban J connectivity index is 1.92. The van der Waals surface area contributed by atoms with Gasteiger partial charge in [0.1, 0.15) is 5.76 Å². The second-order valence-electron chi connectivity index (χ2n) is 5.72. The molecule has 0 spiro atoms. The Kier molecular flexibility index (Phi) is 4.28. The van der Waals surface area contributed by atoms with Crippen LogP contribution in [-0.4, -0.2) is 32.0 Å². The summed E-state index contributed by atoms with van der Waals surface area (Å²) >= 11 is 0. The summed E-state index contributed by atoms with van der Waals surface area (Å²) in [5.41, 5.74) is 2.36. The van der Waals surface area contributed by atoms with E-state index in [0.717, 1.165) is 11.1 Å². The first-order valence-electron chi connectivity index (χ1n) is 8.16. The van der Waals surface area contributed by atoms with Crippen molar-refractivity contribution in [1.29, 1.82) is 0 Å². The Morgan fingerprint density at radius 3 is 2.62 bits per heavy atom. The Morgan fingerprint density at radius 1 is 1.08 bits per heavy atom. The number of methoxy groups -OCH3 is 1. The number of nitrogens with zero attached hydrogens (tertiary/aromatic N) is 5. The van der Waals surface area contributed by atoms with Crippen molar-refractivity contribution < 1.29 is 9.26 Å². The number of benzene rings is 1. The lowest BCUT2D eigenvalue weighted by molar-refractivity contribution is 0.183. The molecule has 0 N–H and O–H groups in total. The van der Waals surface area contributed by atoms with Crippen molar-refractivity contribution in [3.63, 3.8) is 0 Å². The van der Waals surface area contributed by atoms with Crippen LogP contribution < -0.4 is 0 Å². The fraction of sp³-hybridized carbons (Fsp3) is 0.158. The van der Waals surface area contributed by atoms with Crippen LogP contribution in [0, 0.1) is 6.92 Å². The van der Waals surface area contributed by atoms with Crippen molar-refractivity contribution >= 4 is 0 Å². The van der Waals surface area contributed by atoms with Crippen LogP contribution in [-0.2, 0) is 11.3 Å². The lowest BCUT2D eigenvalue weighted by Gasteiger charge is -2.04. The molecule has 7 heteroatoms. The van der Waals surface area contributed by atoms with Crippen molar-refractivity contribution in [2.24, 2.45) is 0 Å². The van der Waals surface area contributed by atoms with E-state index in [1.807, 2.05) is 55.5 Å². The molecule has 0 saturated heterocycles. The highest BCUT2D eigenvalue weighted by atomic mass is 16.5. The predicted molar refractivity (Wildman–Crippen MR) is 95.5 cm³/mol. The maximum absolute atomic E-state index is 5.38. The van der Waals surface area contributed by atoms with E-state index in [4.69, 9.17) is 14.2 Å². The number of rotatable bonds is 5.